The fraction of sp³-hybridized carbons (Fsp3) is 0.917. The molecule has 1 rings (SSSR count). The first-order chi connectivity index (χ1) is 7.54. The first kappa shape index (κ1) is 13.5. The molecule has 1 aliphatic rings. The molecule has 0 aromatic rings. The summed E-state index contributed by atoms with van der Waals surface area (Å²) in [5.74, 6) is 1.30. The van der Waals surface area contributed by atoms with Crippen molar-refractivity contribution in [2.75, 3.05) is 6.61 Å². The number of hydrogen-bond acceptors (Lipinski definition) is 3. The van der Waals surface area contributed by atoms with Gasteiger partial charge in [0.05, 0.1) is 6.61 Å². The number of carbonyl (C=O) groups is 1. The third-order valence-electron chi connectivity index (χ3n) is 3.59. The van der Waals surface area contributed by atoms with E-state index in [9.17, 15) is 4.79 Å². The number of rotatable bonds is 4. The van der Waals surface area contributed by atoms with Gasteiger partial charge in [-0.2, -0.15) is 0 Å². The lowest BCUT2D eigenvalue weighted by Gasteiger charge is -2.31. The van der Waals surface area contributed by atoms with Crippen LogP contribution in [0.3, 0.4) is 0 Å². The highest BCUT2D eigenvalue weighted by Gasteiger charge is 2.25. The van der Waals surface area contributed by atoms with Gasteiger partial charge < -0.3 is 16.2 Å². The van der Waals surface area contributed by atoms with E-state index in [4.69, 9.17) is 10.8 Å². The van der Waals surface area contributed by atoms with E-state index in [0.29, 0.717) is 0 Å². The van der Waals surface area contributed by atoms with Crippen LogP contribution in [0.15, 0.2) is 0 Å². The van der Waals surface area contributed by atoms with Crippen molar-refractivity contribution in [1.82, 2.24) is 5.32 Å². The van der Waals surface area contributed by atoms with Crippen LogP contribution >= 0.6 is 0 Å². The topological polar surface area (TPSA) is 75.4 Å². The van der Waals surface area contributed by atoms with E-state index in [1.165, 1.54) is 12.8 Å². The van der Waals surface area contributed by atoms with E-state index in [-0.39, 0.29) is 18.6 Å². The number of amides is 1. The molecule has 1 atom stereocenters. The number of aliphatic hydroxyl groups is 1. The molecule has 94 valence electrons. The van der Waals surface area contributed by atoms with E-state index < -0.39 is 6.04 Å². The molecule has 4 nitrogen and oxygen atoms in total. The standard InChI is InChI=1S/C12H24N2O2/c1-8(2)9-3-5-10(6-4-9)14-12(16)11(13)7-15/h8-11,15H,3-7,13H2,1-2H3,(H,14,16)/t9-,10-,11-/m1/s1. The summed E-state index contributed by atoms with van der Waals surface area (Å²) in [5.41, 5.74) is 5.45. The second-order valence-electron chi connectivity index (χ2n) is 5.15. The summed E-state index contributed by atoms with van der Waals surface area (Å²) in [6, 6.07) is -0.525. The lowest BCUT2D eigenvalue weighted by molar-refractivity contribution is -0.124. The Kier molecular flexibility index (Phi) is 5.22. The van der Waals surface area contributed by atoms with Crippen LogP contribution in [0, 0.1) is 11.8 Å². The Morgan fingerprint density at radius 1 is 1.38 bits per heavy atom. The molecule has 1 amide bonds. The maximum atomic E-state index is 11.5. The third kappa shape index (κ3) is 3.76. The van der Waals surface area contributed by atoms with Crippen molar-refractivity contribution in [2.24, 2.45) is 17.6 Å². The summed E-state index contributed by atoms with van der Waals surface area (Å²) in [6.45, 7) is 4.23. The molecule has 4 heteroatoms. The third-order valence-corrected chi connectivity index (χ3v) is 3.59. The smallest absolute Gasteiger partial charge is 0.239 e. The number of hydrogen-bond donors (Lipinski definition) is 3. The second-order valence-corrected chi connectivity index (χ2v) is 5.15. The molecule has 0 spiro atoms. The van der Waals surface area contributed by atoms with Crippen LogP contribution in [0.25, 0.3) is 0 Å². The van der Waals surface area contributed by atoms with Gasteiger partial charge in [0.1, 0.15) is 6.04 Å². The minimum Gasteiger partial charge on any atom is -0.394 e. The van der Waals surface area contributed by atoms with Gasteiger partial charge in [-0.05, 0) is 37.5 Å². The van der Waals surface area contributed by atoms with E-state index in [2.05, 4.69) is 19.2 Å². The van der Waals surface area contributed by atoms with Gasteiger partial charge in [-0.1, -0.05) is 13.8 Å². The van der Waals surface area contributed by atoms with Crippen LogP contribution in [-0.4, -0.2) is 29.7 Å². The lowest BCUT2D eigenvalue weighted by atomic mass is 9.79. The highest BCUT2D eigenvalue weighted by atomic mass is 16.3. The Bertz CT molecular complexity index is 223. The quantitative estimate of drug-likeness (QED) is 0.661. The number of aliphatic hydroxyl groups excluding tert-OH is 1. The molecule has 0 aromatic carbocycles. The average Bonchev–Trinajstić information content (AvgIpc) is 2.28. The zero-order chi connectivity index (χ0) is 12.1. The van der Waals surface area contributed by atoms with E-state index >= 15 is 0 Å². The molecule has 1 saturated carbocycles. The van der Waals surface area contributed by atoms with E-state index in [1.54, 1.807) is 0 Å². The molecular weight excluding hydrogens is 204 g/mol. The predicted molar refractivity (Wildman–Crippen MR) is 63.8 cm³/mol. The molecule has 0 aliphatic heterocycles. The van der Waals surface area contributed by atoms with Gasteiger partial charge in [-0.3, -0.25) is 4.79 Å². The van der Waals surface area contributed by atoms with Crippen molar-refractivity contribution < 1.29 is 9.90 Å². The Morgan fingerprint density at radius 2 is 1.94 bits per heavy atom. The second kappa shape index (κ2) is 6.21. The van der Waals surface area contributed by atoms with Crippen LogP contribution in [0.1, 0.15) is 39.5 Å². The van der Waals surface area contributed by atoms with Gasteiger partial charge in [0, 0.05) is 6.04 Å². The molecule has 0 bridgehead atoms. The van der Waals surface area contributed by atoms with Crippen molar-refractivity contribution in [3.63, 3.8) is 0 Å². The fourth-order valence-electron chi connectivity index (χ4n) is 2.32. The first-order valence-electron chi connectivity index (χ1n) is 6.21. The van der Waals surface area contributed by atoms with Gasteiger partial charge in [-0.15, -0.1) is 0 Å². The van der Waals surface area contributed by atoms with Crippen LogP contribution in [-0.2, 0) is 4.79 Å². The number of carbonyl (C=O) groups excluding carboxylic acids is 1. The normalized spacial score (nSPS) is 27.8. The Balaban J connectivity index is 2.29. The average molecular weight is 228 g/mol. The Hall–Kier alpha value is -0.610. The van der Waals surface area contributed by atoms with Crippen molar-refractivity contribution in [1.29, 1.82) is 0 Å². The summed E-state index contributed by atoms with van der Waals surface area (Å²) in [6.07, 6.45) is 4.42. The first-order valence-corrected chi connectivity index (χ1v) is 6.21. The zero-order valence-electron chi connectivity index (χ0n) is 10.3. The molecule has 0 saturated heterocycles. The van der Waals surface area contributed by atoms with Crippen molar-refractivity contribution >= 4 is 5.91 Å². The summed E-state index contributed by atoms with van der Waals surface area (Å²) in [5, 5.41) is 11.7. The van der Waals surface area contributed by atoms with Crippen LogP contribution in [0.4, 0.5) is 0 Å². The van der Waals surface area contributed by atoms with Crippen molar-refractivity contribution in [3.8, 4) is 0 Å². The molecular formula is C12H24N2O2. The Morgan fingerprint density at radius 3 is 2.38 bits per heavy atom. The summed E-state index contributed by atoms with van der Waals surface area (Å²) >= 11 is 0. The van der Waals surface area contributed by atoms with Gasteiger partial charge in [-0.25, -0.2) is 0 Å². The maximum Gasteiger partial charge on any atom is 0.239 e. The monoisotopic (exact) mass is 228 g/mol. The van der Waals surface area contributed by atoms with Crippen LogP contribution < -0.4 is 11.1 Å². The highest BCUT2D eigenvalue weighted by Crippen LogP contribution is 2.29. The minimum absolute atomic E-state index is 0.226. The molecule has 4 N–H and O–H groups in total. The van der Waals surface area contributed by atoms with Crippen LogP contribution in [0.5, 0.6) is 0 Å². The molecule has 16 heavy (non-hydrogen) atoms. The van der Waals surface area contributed by atoms with Gasteiger partial charge in [0.25, 0.3) is 0 Å². The molecule has 0 unspecified atom stereocenters. The molecule has 0 aromatic heterocycles. The van der Waals surface area contributed by atoms with E-state index in [1.807, 2.05) is 0 Å². The van der Waals surface area contributed by atoms with Crippen molar-refractivity contribution in [2.45, 2.75) is 51.6 Å². The van der Waals surface area contributed by atoms with Crippen LogP contribution in [0.2, 0.25) is 0 Å². The number of nitrogens with two attached hydrogens (primary N) is 1. The number of nitrogens with one attached hydrogen (secondary N) is 1. The fourth-order valence-corrected chi connectivity index (χ4v) is 2.32. The summed E-state index contributed by atoms with van der Waals surface area (Å²) in [7, 11) is 0. The SMILES string of the molecule is CC(C)[C@H]1CC[C@H](NC(=O)[C@H](N)CO)CC1. The molecule has 1 aliphatic carbocycles. The van der Waals surface area contributed by atoms with Gasteiger partial charge in [0.15, 0.2) is 0 Å². The highest BCUT2D eigenvalue weighted by molar-refractivity contribution is 5.81. The van der Waals surface area contributed by atoms with Crippen molar-refractivity contribution in [3.05, 3.63) is 0 Å². The summed E-state index contributed by atoms with van der Waals surface area (Å²) in [4.78, 5) is 11.5. The zero-order valence-corrected chi connectivity index (χ0v) is 10.3. The minimum atomic E-state index is -0.775. The van der Waals surface area contributed by atoms with Gasteiger partial charge in [0.2, 0.25) is 5.91 Å². The largest absolute Gasteiger partial charge is 0.394 e. The van der Waals surface area contributed by atoms with E-state index in [0.717, 1.165) is 24.7 Å². The molecule has 1 fully saturated rings. The molecule has 0 radical (unpaired) electrons. The van der Waals surface area contributed by atoms with Gasteiger partial charge >= 0.3 is 0 Å². The predicted octanol–water partition coefficient (Wildman–Crippen LogP) is 0.637. The summed E-state index contributed by atoms with van der Waals surface area (Å²) < 4.78 is 0. The lowest BCUT2D eigenvalue weighted by Crippen LogP contribution is -2.48. The Labute approximate surface area is 97.6 Å². The maximum absolute atomic E-state index is 11.5. The molecule has 0 heterocycles.